The molecule has 4 rings (SSSR count). The molecule has 1 saturated carbocycles. The highest BCUT2D eigenvalue weighted by Crippen LogP contribution is 2.47. The van der Waals surface area contributed by atoms with Crippen molar-refractivity contribution in [2.45, 2.75) is 57.1 Å². The van der Waals surface area contributed by atoms with Gasteiger partial charge in [-0.3, -0.25) is 0 Å². The topological polar surface area (TPSA) is 21.3 Å². The molecule has 2 aliphatic rings. The zero-order valence-corrected chi connectivity index (χ0v) is 16.2. The monoisotopic (exact) mass is 367 g/mol. The maximum absolute atomic E-state index is 13.4. The fourth-order valence-electron chi connectivity index (χ4n) is 4.92. The Bertz CT molecular complexity index is 751. The molecule has 2 aromatic carbocycles. The van der Waals surface area contributed by atoms with Gasteiger partial charge in [-0.1, -0.05) is 54.8 Å². The summed E-state index contributed by atoms with van der Waals surface area (Å²) in [6.07, 6.45) is 5.95. The van der Waals surface area contributed by atoms with E-state index >= 15 is 0 Å². The van der Waals surface area contributed by atoms with Gasteiger partial charge in [0.15, 0.2) is 0 Å². The lowest BCUT2D eigenvalue weighted by molar-refractivity contribution is -0.105. The van der Waals surface area contributed by atoms with Gasteiger partial charge in [-0.2, -0.15) is 0 Å². The van der Waals surface area contributed by atoms with E-state index in [-0.39, 0.29) is 11.4 Å². The Morgan fingerprint density at radius 1 is 1.11 bits per heavy atom. The molecule has 2 aromatic rings. The number of hydrogen-bond donors (Lipinski definition) is 1. The van der Waals surface area contributed by atoms with E-state index in [4.69, 9.17) is 4.74 Å². The van der Waals surface area contributed by atoms with E-state index in [0.717, 1.165) is 26.1 Å². The summed E-state index contributed by atoms with van der Waals surface area (Å²) in [4.78, 5) is 0. The van der Waals surface area contributed by atoms with Crippen molar-refractivity contribution in [1.29, 1.82) is 0 Å². The molecule has 1 aliphatic heterocycles. The van der Waals surface area contributed by atoms with E-state index in [1.807, 2.05) is 12.1 Å². The predicted octanol–water partition coefficient (Wildman–Crippen LogP) is 5.36. The molecule has 2 fully saturated rings. The Labute approximate surface area is 162 Å². The SMILES string of the molecule is Cc1cccc(CNCC2COC3(CCCC3)CC2c2ccc(F)cc2)c1. The maximum atomic E-state index is 13.4. The van der Waals surface area contributed by atoms with Crippen LogP contribution in [0.4, 0.5) is 4.39 Å². The van der Waals surface area contributed by atoms with Crippen LogP contribution in [-0.4, -0.2) is 18.8 Å². The molecule has 1 heterocycles. The van der Waals surface area contributed by atoms with Crippen molar-refractivity contribution >= 4 is 0 Å². The molecule has 1 aliphatic carbocycles. The van der Waals surface area contributed by atoms with E-state index < -0.39 is 0 Å². The lowest BCUT2D eigenvalue weighted by Crippen LogP contribution is -2.44. The van der Waals surface area contributed by atoms with Gasteiger partial charge in [0.1, 0.15) is 5.82 Å². The van der Waals surface area contributed by atoms with Crippen LogP contribution in [0.2, 0.25) is 0 Å². The van der Waals surface area contributed by atoms with Crippen molar-refractivity contribution in [1.82, 2.24) is 5.32 Å². The fourth-order valence-corrected chi connectivity index (χ4v) is 4.92. The zero-order chi connectivity index (χ0) is 18.7. The van der Waals surface area contributed by atoms with Gasteiger partial charge < -0.3 is 10.1 Å². The van der Waals surface area contributed by atoms with Gasteiger partial charge in [-0.05, 0) is 55.4 Å². The van der Waals surface area contributed by atoms with Crippen LogP contribution in [0.15, 0.2) is 48.5 Å². The summed E-state index contributed by atoms with van der Waals surface area (Å²) in [5.41, 5.74) is 3.93. The molecule has 2 atom stereocenters. The Balaban J connectivity index is 1.45. The Kier molecular flexibility index (Phi) is 5.60. The molecular weight excluding hydrogens is 337 g/mol. The normalized spacial score (nSPS) is 24.4. The number of ether oxygens (including phenoxy) is 1. The van der Waals surface area contributed by atoms with Crippen LogP contribution in [0.25, 0.3) is 0 Å². The second kappa shape index (κ2) is 8.12. The van der Waals surface area contributed by atoms with Crippen molar-refractivity contribution in [2.75, 3.05) is 13.2 Å². The van der Waals surface area contributed by atoms with E-state index in [0.29, 0.717) is 11.8 Å². The van der Waals surface area contributed by atoms with Crippen molar-refractivity contribution in [3.8, 4) is 0 Å². The summed E-state index contributed by atoms with van der Waals surface area (Å²) in [6.45, 7) is 4.72. The summed E-state index contributed by atoms with van der Waals surface area (Å²) in [5, 5.41) is 3.63. The average Bonchev–Trinajstić information content (AvgIpc) is 3.12. The lowest BCUT2D eigenvalue weighted by Gasteiger charge is -2.43. The van der Waals surface area contributed by atoms with Gasteiger partial charge in [0.05, 0.1) is 12.2 Å². The minimum atomic E-state index is -0.157. The molecule has 1 saturated heterocycles. The van der Waals surface area contributed by atoms with Crippen molar-refractivity contribution < 1.29 is 9.13 Å². The molecule has 144 valence electrons. The highest BCUT2D eigenvalue weighted by molar-refractivity contribution is 5.24. The predicted molar refractivity (Wildman–Crippen MR) is 107 cm³/mol. The Morgan fingerprint density at radius 2 is 1.89 bits per heavy atom. The molecule has 2 unspecified atom stereocenters. The molecule has 1 N–H and O–H groups in total. The van der Waals surface area contributed by atoms with Crippen molar-refractivity contribution in [2.24, 2.45) is 5.92 Å². The molecule has 1 spiro atoms. The smallest absolute Gasteiger partial charge is 0.123 e. The van der Waals surface area contributed by atoms with Gasteiger partial charge >= 0.3 is 0 Å². The van der Waals surface area contributed by atoms with E-state index in [1.54, 1.807) is 12.1 Å². The highest BCUT2D eigenvalue weighted by Gasteiger charge is 2.43. The van der Waals surface area contributed by atoms with Crippen LogP contribution in [0.3, 0.4) is 0 Å². The van der Waals surface area contributed by atoms with Gasteiger partial charge in [-0.15, -0.1) is 0 Å². The molecule has 0 amide bonds. The molecule has 3 heteroatoms. The number of hydrogen-bond acceptors (Lipinski definition) is 2. The third-order valence-corrected chi connectivity index (χ3v) is 6.40. The number of aryl methyl sites for hydroxylation is 1. The fraction of sp³-hybridized carbons (Fsp3) is 0.500. The highest BCUT2D eigenvalue weighted by atomic mass is 19.1. The van der Waals surface area contributed by atoms with Gasteiger partial charge in [0, 0.05) is 19.0 Å². The second-order valence-corrected chi connectivity index (χ2v) is 8.44. The van der Waals surface area contributed by atoms with E-state index in [9.17, 15) is 4.39 Å². The van der Waals surface area contributed by atoms with Crippen LogP contribution in [-0.2, 0) is 11.3 Å². The van der Waals surface area contributed by atoms with Gasteiger partial charge in [0.25, 0.3) is 0 Å². The van der Waals surface area contributed by atoms with E-state index in [2.05, 4.69) is 36.5 Å². The standard InChI is InChI=1S/C24H30FNO/c1-18-5-4-6-19(13-18)15-26-16-21-17-27-24(11-2-3-12-24)14-23(21)20-7-9-22(25)10-8-20/h4-10,13,21,23,26H,2-3,11-12,14-17H2,1H3. The number of nitrogens with one attached hydrogen (secondary N) is 1. The molecule has 2 nitrogen and oxygen atoms in total. The number of rotatable bonds is 5. The summed E-state index contributed by atoms with van der Waals surface area (Å²) >= 11 is 0. The molecule has 0 radical (unpaired) electrons. The number of halogens is 1. The van der Waals surface area contributed by atoms with Crippen LogP contribution in [0.5, 0.6) is 0 Å². The minimum Gasteiger partial charge on any atom is -0.375 e. The zero-order valence-electron chi connectivity index (χ0n) is 16.2. The molecule has 0 aromatic heterocycles. The minimum absolute atomic E-state index is 0.0616. The molecule has 0 bridgehead atoms. The Hall–Kier alpha value is -1.71. The quantitative estimate of drug-likeness (QED) is 0.768. The maximum Gasteiger partial charge on any atom is 0.123 e. The van der Waals surface area contributed by atoms with Crippen LogP contribution >= 0.6 is 0 Å². The van der Waals surface area contributed by atoms with E-state index in [1.165, 1.54) is 42.4 Å². The van der Waals surface area contributed by atoms with Crippen molar-refractivity contribution in [3.05, 3.63) is 71.0 Å². The third kappa shape index (κ3) is 4.41. The van der Waals surface area contributed by atoms with Crippen LogP contribution < -0.4 is 5.32 Å². The Morgan fingerprint density at radius 3 is 2.63 bits per heavy atom. The summed E-state index contributed by atoms with van der Waals surface area (Å²) in [5.74, 6) is 0.699. The van der Waals surface area contributed by atoms with Crippen LogP contribution in [0.1, 0.15) is 54.7 Å². The number of benzene rings is 2. The first-order valence-electron chi connectivity index (χ1n) is 10.3. The molecule has 27 heavy (non-hydrogen) atoms. The summed E-state index contributed by atoms with van der Waals surface area (Å²) < 4.78 is 19.9. The summed E-state index contributed by atoms with van der Waals surface area (Å²) in [7, 11) is 0. The molecular formula is C24H30FNO. The van der Waals surface area contributed by atoms with Crippen molar-refractivity contribution in [3.63, 3.8) is 0 Å². The van der Waals surface area contributed by atoms with Gasteiger partial charge in [-0.25, -0.2) is 4.39 Å². The van der Waals surface area contributed by atoms with Crippen LogP contribution in [0, 0.1) is 18.7 Å². The average molecular weight is 368 g/mol. The lowest BCUT2D eigenvalue weighted by atomic mass is 9.75. The first-order valence-corrected chi connectivity index (χ1v) is 10.3. The first-order chi connectivity index (χ1) is 13.1. The second-order valence-electron chi connectivity index (χ2n) is 8.44. The summed E-state index contributed by atoms with van der Waals surface area (Å²) in [6, 6.07) is 15.8. The third-order valence-electron chi connectivity index (χ3n) is 6.40. The largest absolute Gasteiger partial charge is 0.375 e. The van der Waals surface area contributed by atoms with Gasteiger partial charge in [0.2, 0.25) is 0 Å². The first kappa shape index (κ1) is 18.6.